The molecule has 3 heterocycles. The van der Waals surface area contributed by atoms with E-state index in [1.807, 2.05) is 18.2 Å². The summed E-state index contributed by atoms with van der Waals surface area (Å²) >= 11 is 1.05. The summed E-state index contributed by atoms with van der Waals surface area (Å²) < 4.78 is 5.72. The molecule has 2 aromatic carbocycles. The average Bonchev–Trinajstić information content (AvgIpc) is 3.48. The van der Waals surface area contributed by atoms with Gasteiger partial charge in [-0.05, 0) is 24.6 Å². The Bertz CT molecular complexity index is 1430. The Morgan fingerprint density at radius 1 is 1.09 bits per heavy atom. The molecule has 164 valence electrons. The summed E-state index contributed by atoms with van der Waals surface area (Å²) in [7, 11) is 0. The maximum Gasteiger partial charge on any atom is 0.296 e. The number of hydrogen-bond acceptors (Lipinski definition) is 7. The number of thiazole rings is 1. The molecule has 5 rings (SSSR count). The van der Waals surface area contributed by atoms with E-state index in [0.717, 1.165) is 16.7 Å². The molecule has 1 atom stereocenters. The standard InChI is InChI=1S/C25H18N2O5S/c1-13-23(14(2)28)33-25(26-13)27-20(15-8-4-3-5-9-15)19(22(30)24(27)31)21(29)18-12-16-10-6-7-11-17(16)32-18/h3-12,20,30H,1-2H3/t20-/m0/s1. The molecule has 1 aliphatic heterocycles. The van der Waals surface area contributed by atoms with E-state index in [1.165, 1.54) is 11.8 Å². The summed E-state index contributed by atoms with van der Waals surface area (Å²) in [6.45, 7) is 3.11. The molecule has 0 spiro atoms. The van der Waals surface area contributed by atoms with Crippen molar-refractivity contribution in [2.75, 3.05) is 4.90 Å². The van der Waals surface area contributed by atoms with Crippen molar-refractivity contribution in [2.24, 2.45) is 0 Å². The Morgan fingerprint density at radius 2 is 1.79 bits per heavy atom. The van der Waals surface area contributed by atoms with E-state index in [2.05, 4.69) is 4.98 Å². The third-order valence-electron chi connectivity index (χ3n) is 5.53. The molecule has 0 radical (unpaired) electrons. The molecule has 0 bridgehead atoms. The van der Waals surface area contributed by atoms with Gasteiger partial charge in [-0.1, -0.05) is 59.9 Å². The third-order valence-corrected chi connectivity index (χ3v) is 6.79. The molecule has 4 aromatic rings. The van der Waals surface area contributed by atoms with Crippen molar-refractivity contribution >= 4 is 44.9 Å². The number of ketones is 2. The fourth-order valence-corrected chi connectivity index (χ4v) is 5.01. The van der Waals surface area contributed by atoms with E-state index < -0.39 is 23.5 Å². The van der Waals surface area contributed by atoms with Gasteiger partial charge in [-0.25, -0.2) is 4.98 Å². The lowest BCUT2D eigenvalue weighted by Gasteiger charge is -2.24. The molecule has 0 saturated carbocycles. The summed E-state index contributed by atoms with van der Waals surface area (Å²) in [4.78, 5) is 44.8. The number of aromatic nitrogens is 1. The van der Waals surface area contributed by atoms with Crippen LogP contribution in [0.25, 0.3) is 11.0 Å². The summed E-state index contributed by atoms with van der Waals surface area (Å²) in [5.74, 6) is -2.16. The van der Waals surface area contributed by atoms with Crippen LogP contribution in [0.15, 0.2) is 76.4 Å². The van der Waals surface area contributed by atoms with Crippen LogP contribution in [0.5, 0.6) is 0 Å². The number of amides is 1. The number of furan rings is 1. The molecule has 2 aromatic heterocycles. The van der Waals surface area contributed by atoms with Crippen molar-refractivity contribution in [1.82, 2.24) is 4.98 Å². The summed E-state index contributed by atoms with van der Waals surface area (Å²) in [6, 6.07) is 16.7. The van der Waals surface area contributed by atoms with Gasteiger partial charge in [0.1, 0.15) is 5.58 Å². The van der Waals surface area contributed by atoms with E-state index in [1.54, 1.807) is 49.4 Å². The Balaban J connectivity index is 1.66. The second-order valence-corrected chi connectivity index (χ2v) is 8.67. The molecule has 0 unspecified atom stereocenters. The van der Waals surface area contributed by atoms with Gasteiger partial charge < -0.3 is 9.52 Å². The van der Waals surface area contributed by atoms with Gasteiger partial charge in [-0.15, -0.1) is 0 Å². The van der Waals surface area contributed by atoms with Crippen molar-refractivity contribution in [1.29, 1.82) is 0 Å². The maximum atomic E-state index is 13.6. The summed E-state index contributed by atoms with van der Waals surface area (Å²) in [5, 5.41) is 11.8. The number of aliphatic hydroxyl groups excluding tert-OH is 1. The number of aryl methyl sites for hydroxylation is 1. The fourth-order valence-electron chi connectivity index (χ4n) is 4.02. The molecule has 0 fully saturated rings. The van der Waals surface area contributed by atoms with E-state index in [9.17, 15) is 19.5 Å². The number of carbonyl (C=O) groups excluding carboxylic acids is 3. The van der Waals surface area contributed by atoms with Crippen molar-refractivity contribution in [3.8, 4) is 0 Å². The zero-order valence-electron chi connectivity index (χ0n) is 17.7. The SMILES string of the molecule is CC(=O)c1sc(N2C(=O)C(O)=C(C(=O)c3cc4ccccc4o3)[C@@H]2c2ccccc2)nc1C. The molecule has 1 amide bonds. The number of nitrogens with zero attached hydrogens (tertiary/aromatic N) is 2. The number of carbonyl (C=O) groups is 3. The zero-order chi connectivity index (χ0) is 23.3. The van der Waals surface area contributed by atoms with Crippen LogP contribution < -0.4 is 4.90 Å². The second-order valence-electron chi connectivity index (χ2n) is 7.70. The lowest BCUT2D eigenvalue weighted by Crippen LogP contribution is -2.31. The first-order chi connectivity index (χ1) is 15.9. The number of benzene rings is 2. The van der Waals surface area contributed by atoms with E-state index in [0.29, 0.717) is 21.7 Å². The molecule has 1 aliphatic rings. The van der Waals surface area contributed by atoms with Crippen molar-refractivity contribution in [3.05, 3.63) is 93.9 Å². The highest BCUT2D eigenvalue weighted by molar-refractivity contribution is 7.17. The third kappa shape index (κ3) is 3.35. The average molecular weight is 458 g/mol. The number of fused-ring (bicyclic) bond motifs is 1. The Kier molecular flexibility index (Phi) is 4.94. The number of aliphatic hydroxyl groups is 1. The van der Waals surface area contributed by atoms with Gasteiger partial charge in [0.25, 0.3) is 5.91 Å². The van der Waals surface area contributed by atoms with Crippen LogP contribution in [0, 0.1) is 6.92 Å². The van der Waals surface area contributed by atoms with Gasteiger partial charge in [0, 0.05) is 12.3 Å². The molecule has 8 heteroatoms. The lowest BCUT2D eigenvalue weighted by molar-refractivity contribution is -0.117. The first-order valence-corrected chi connectivity index (χ1v) is 11.0. The highest BCUT2D eigenvalue weighted by Crippen LogP contribution is 2.44. The van der Waals surface area contributed by atoms with Crippen LogP contribution in [0.3, 0.4) is 0 Å². The van der Waals surface area contributed by atoms with Crippen molar-refractivity contribution in [2.45, 2.75) is 19.9 Å². The van der Waals surface area contributed by atoms with Crippen LogP contribution in [-0.4, -0.2) is 27.6 Å². The largest absolute Gasteiger partial charge is 0.503 e. The van der Waals surface area contributed by atoms with Gasteiger partial charge in [-0.3, -0.25) is 19.3 Å². The first-order valence-electron chi connectivity index (χ1n) is 10.2. The normalized spacial score (nSPS) is 16.1. The number of rotatable bonds is 5. The molecular weight excluding hydrogens is 440 g/mol. The second kappa shape index (κ2) is 7.83. The summed E-state index contributed by atoms with van der Waals surface area (Å²) in [5.41, 5.74) is 1.53. The Morgan fingerprint density at radius 3 is 2.45 bits per heavy atom. The molecule has 1 N–H and O–H groups in total. The topological polar surface area (TPSA) is 101 Å². The van der Waals surface area contributed by atoms with Gasteiger partial charge in [-0.2, -0.15) is 0 Å². The minimum atomic E-state index is -0.926. The van der Waals surface area contributed by atoms with Crippen LogP contribution in [0.1, 0.15) is 44.4 Å². The minimum Gasteiger partial charge on any atom is -0.503 e. The maximum absolute atomic E-state index is 13.6. The fraction of sp³-hybridized carbons (Fsp3) is 0.120. The predicted octanol–water partition coefficient (Wildman–Crippen LogP) is 5.18. The van der Waals surface area contributed by atoms with E-state index in [-0.39, 0.29) is 22.2 Å². The van der Waals surface area contributed by atoms with Gasteiger partial charge in [0.2, 0.25) is 5.78 Å². The van der Waals surface area contributed by atoms with E-state index >= 15 is 0 Å². The van der Waals surface area contributed by atoms with Gasteiger partial charge in [0.15, 0.2) is 22.4 Å². The van der Waals surface area contributed by atoms with Crippen LogP contribution in [-0.2, 0) is 4.79 Å². The van der Waals surface area contributed by atoms with Crippen LogP contribution in [0.2, 0.25) is 0 Å². The zero-order valence-corrected chi connectivity index (χ0v) is 18.6. The molecule has 33 heavy (non-hydrogen) atoms. The van der Waals surface area contributed by atoms with Gasteiger partial charge in [0.05, 0.1) is 22.2 Å². The Hall–Kier alpha value is -4.04. The van der Waals surface area contributed by atoms with Gasteiger partial charge >= 0.3 is 0 Å². The van der Waals surface area contributed by atoms with E-state index in [4.69, 9.17) is 4.42 Å². The smallest absolute Gasteiger partial charge is 0.296 e. The quantitative estimate of drug-likeness (QED) is 0.414. The molecule has 7 nitrogen and oxygen atoms in total. The van der Waals surface area contributed by atoms with Crippen molar-refractivity contribution in [3.63, 3.8) is 0 Å². The lowest BCUT2D eigenvalue weighted by atomic mass is 9.95. The number of para-hydroxylation sites is 1. The number of anilines is 1. The monoisotopic (exact) mass is 458 g/mol. The van der Waals surface area contributed by atoms with Crippen LogP contribution in [0.4, 0.5) is 5.13 Å². The highest BCUT2D eigenvalue weighted by Gasteiger charge is 2.46. The van der Waals surface area contributed by atoms with Crippen molar-refractivity contribution < 1.29 is 23.9 Å². The first kappa shape index (κ1) is 20.8. The van der Waals surface area contributed by atoms with Crippen LogP contribution >= 0.6 is 11.3 Å². The number of Topliss-reactive ketones (excluding diaryl/α,β-unsaturated/α-hetero) is 2. The highest BCUT2D eigenvalue weighted by atomic mass is 32.1. The summed E-state index contributed by atoms with van der Waals surface area (Å²) in [6.07, 6.45) is 0. The molecular formula is C25H18N2O5S. The minimum absolute atomic E-state index is 0.0214. The predicted molar refractivity (Wildman–Crippen MR) is 124 cm³/mol. The molecule has 0 saturated heterocycles. The molecule has 0 aliphatic carbocycles. The Labute approximate surface area is 192 Å². The number of hydrogen-bond donors (Lipinski definition) is 1.